The van der Waals surface area contributed by atoms with Gasteiger partial charge in [0.05, 0.1) is 7.11 Å². The Morgan fingerprint density at radius 1 is 1.12 bits per heavy atom. The maximum Gasteiger partial charge on any atom is 0.127 e. The lowest BCUT2D eigenvalue weighted by Crippen LogP contribution is -1.88. The van der Waals surface area contributed by atoms with Crippen molar-refractivity contribution in [1.82, 2.24) is 0 Å². The number of methoxy groups -OCH3 is 1. The number of aromatic hydroxyl groups is 1. The molecule has 0 unspecified atom stereocenters. The zero-order valence-electron chi connectivity index (χ0n) is 9.70. The fourth-order valence-electron chi connectivity index (χ4n) is 1.82. The molecule has 0 atom stereocenters. The average molecular weight is 232 g/mol. The fraction of sp³-hybridized carbons (Fsp3) is 0.143. The van der Waals surface area contributed by atoms with E-state index in [0.29, 0.717) is 5.56 Å². The summed E-state index contributed by atoms with van der Waals surface area (Å²) in [6.07, 6.45) is 0. The molecular formula is C14H13FO2. The molecule has 2 aromatic rings. The molecule has 1 N–H and O–H groups in total. The topological polar surface area (TPSA) is 29.5 Å². The maximum atomic E-state index is 13.2. The Morgan fingerprint density at radius 2 is 1.88 bits per heavy atom. The van der Waals surface area contributed by atoms with Gasteiger partial charge >= 0.3 is 0 Å². The molecule has 0 heterocycles. The number of hydrogen-bond acceptors (Lipinski definition) is 2. The predicted octanol–water partition coefficient (Wildman–Crippen LogP) is 3.52. The Kier molecular flexibility index (Phi) is 3.00. The first-order valence-corrected chi connectivity index (χ1v) is 5.25. The maximum absolute atomic E-state index is 13.2. The number of ether oxygens (including phenoxy) is 1. The molecule has 3 heteroatoms. The van der Waals surface area contributed by atoms with Gasteiger partial charge in [-0.05, 0) is 47.9 Å². The van der Waals surface area contributed by atoms with E-state index in [4.69, 9.17) is 4.74 Å². The fourth-order valence-corrected chi connectivity index (χ4v) is 1.82. The predicted molar refractivity (Wildman–Crippen MR) is 64.8 cm³/mol. The molecule has 2 rings (SSSR count). The summed E-state index contributed by atoms with van der Waals surface area (Å²) in [6.45, 7) is 1.92. The van der Waals surface area contributed by atoms with Gasteiger partial charge in [-0.3, -0.25) is 0 Å². The van der Waals surface area contributed by atoms with E-state index in [2.05, 4.69) is 0 Å². The second kappa shape index (κ2) is 4.45. The van der Waals surface area contributed by atoms with E-state index in [1.165, 1.54) is 12.1 Å². The standard InChI is InChI=1S/C14H13FO2/c1-9-5-13(17-2)3-4-14(9)10-6-11(15)8-12(16)7-10/h3-8,16H,1-2H3. The van der Waals surface area contributed by atoms with Gasteiger partial charge in [-0.15, -0.1) is 0 Å². The van der Waals surface area contributed by atoms with Gasteiger partial charge in [0, 0.05) is 6.07 Å². The molecule has 0 saturated heterocycles. The zero-order valence-corrected chi connectivity index (χ0v) is 9.70. The van der Waals surface area contributed by atoms with E-state index in [9.17, 15) is 9.50 Å². The van der Waals surface area contributed by atoms with Crippen molar-refractivity contribution in [3.05, 3.63) is 47.8 Å². The number of phenolic OH excluding ortho intramolecular Hbond substituents is 1. The second-order valence-electron chi connectivity index (χ2n) is 3.88. The van der Waals surface area contributed by atoms with Gasteiger partial charge in [-0.1, -0.05) is 6.07 Å². The van der Waals surface area contributed by atoms with Gasteiger partial charge < -0.3 is 9.84 Å². The quantitative estimate of drug-likeness (QED) is 0.858. The van der Waals surface area contributed by atoms with E-state index < -0.39 is 5.82 Å². The Labute approximate surface area is 99.3 Å². The van der Waals surface area contributed by atoms with Crippen LogP contribution in [0.25, 0.3) is 11.1 Å². The first kappa shape index (κ1) is 11.5. The van der Waals surface area contributed by atoms with Crippen LogP contribution in [0.3, 0.4) is 0 Å². The number of hydrogen-bond donors (Lipinski definition) is 1. The van der Waals surface area contributed by atoms with Crippen LogP contribution in [0, 0.1) is 12.7 Å². The van der Waals surface area contributed by atoms with E-state index in [1.54, 1.807) is 7.11 Å². The highest BCUT2D eigenvalue weighted by molar-refractivity contribution is 5.69. The van der Waals surface area contributed by atoms with Crippen molar-refractivity contribution in [2.75, 3.05) is 7.11 Å². The van der Waals surface area contributed by atoms with Crippen LogP contribution in [0.5, 0.6) is 11.5 Å². The van der Waals surface area contributed by atoms with E-state index in [1.807, 2.05) is 25.1 Å². The molecule has 88 valence electrons. The minimum Gasteiger partial charge on any atom is -0.508 e. The molecule has 0 aromatic heterocycles. The van der Waals surface area contributed by atoms with Crippen molar-refractivity contribution < 1.29 is 14.2 Å². The van der Waals surface area contributed by atoms with Crippen LogP contribution in [-0.4, -0.2) is 12.2 Å². The summed E-state index contributed by atoms with van der Waals surface area (Å²) in [5, 5.41) is 9.38. The highest BCUT2D eigenvalue weighted by Gasteiger charge is 2.06. The summed E-state index contributed by atoms with van der Waals surface area (Å²) in [5.41, 5.74) is 2.50. The van der Waals surface area contributed by atoms with E-state index >= 15 is 0 Å². The monoisotopic (exact) mass is 232 g/mol. The lowest BCUT2D eigenvalue weighted by atomic mass is 10.00. The van der Waals surface area contributed by atoms with Gasteiger partial charge in [0.25, 0.3) is 0 Å². The van der Waals surface area contributed by atoms with Gasteiger partial charge in [0.15, 0.2) is 0 Å². The molecule has 0 bridgehead atoms. The summed E-state index contributed by atoms with van der Waals surface area (Å²) in [7, 11) is 1.60. The van der Waals surface area contributed by atoms with Crippen molar-refractivity contribution in [1.29, 1.82) is 0 Å². The van der Waals surface area contributed by atoms with Crippen LogP contribution in [0.4, 0.5) is 4.39 Å². The smallest absolute Gasteiger partial charge is 0.127 e. The number of aryl methyl sites for hydroxylation is 1. The molecule has 2 nitrogen and oxygen atoms in total. The Bertz CT molecular complexity index is 530. The first-order valence-electron chi connectivity index (χ1n) is 5.25. The summed E-state index contributed by atoms with van der Waals surface area (Å²) in [5.74, 6) is 0.234. The third kappa shape index (κ3) is 2.38. The molecule has 0 aliphatic rings. The van der Waals surface area contributed by atoms with Crippen molar-refractivity contribution in [2.24, 2.45) is 0 Å². The molecule has 2 aromatic carbocycles. The lowest BCUT2D eigenvalue weighted by molar-refractivity contribution is 0.414. The Hall–Kier alpha value is -2.03. The molecule has 17 heavy (non-hydrogen) atoms. The number of rotatable bonds is 2. The lowest BCUT2D eigenvalue weighted by Gasteiger charge is -2.09. The zero-order chi connectivity index (χ0) is 12.4. The van der Waals surface area contributed by atoms with Crippen molar-refractivity contribution in [3.63, 3.8) is 0 Å². The van der Waals surface area contributed by atoms with Crippen LogP contribution in [0.15, 0.2) is 36.4 Å². The molecule has 0 aliphatic heterocycles. The average Bonchev–Trinajstić information content (AvgIpc) is 2.27. The van der Waals surface area contributed by atoms with Crippen LogP contribution in [0.2, 0.25) is 0 Å². The van der Waals surface area contributed by atoms with Gasteiger partial charge in [-0.25, -0.2) is 4.39 Å². The Balaban J connectivity index is 2.52. The van der Waals surface area contributed by atoms with Crippen molar-refractivity contribution >= 4 is 0 Å². The highest BCUT2D eigenvalue weighted by atomic mass is 19.1. The molecule has 0 fully saturated rings. The van der Waals surface area contributed by atoms with Gasteiger partial charge in [0.1, 0.15) is 17.3 Å². The van der Waals surface area contributed by atoms with E-state index in [-0.39, 0.29) is 5.75 Å². The highest BCUT2D eigenvalue weighted by Crippen LogP contribution is 2.29. The largest absolute Gasteiger partial charge is 0.508 e. The van der Waals surface area contributed by atoms with Gasteiger partial charge in [0.2, 0.25) is 0 Å². The molecule has 0 radical (unpaired) electrons. The van der Waals surface area contributed by atoms with Crippen molar-refractivity contribution in [2.45, 2.75) is 6.92 Å². The van der Waals surface area contributed by atoms with Crippen LogP contribution >= 0.6 is 0 Å². The molecular weight excluding hydrogens is 219 g/mol. The first-order chi connectivity index (χ1) is 8.10. The minimum absolute atomic E-state index is 0.0739. The summed E-state index contributed by atoms with van der Waals surface area (Å²) in [6, 6.07) is 9.55. The summed E-state index contributed by atoms with van der Waals surface area (Å²) >= 11 is 0. The number of phenols is 1. The summed E-state index contributed by atoms with van der Waals surface area (Å²) in [4.78, 5) is 0. The van der Waals surface area contributed by atoms with E-state index in [0.717, 1.165) is 22.9 Å². The SMILES string of the molecule is COc1ccc(-c2cc(O)cc(F)c2)c(C)c1. The van der Waals surface area contributed by atoms with Crippen molar-refractivity contribution in [3.8, 4) is 22.6 Å². The molecule has 0 spiro atoms. The third-order valence-corrected chi connectivity index (χ3v) is 2.63. The summed E-state index contributed by atoms with van der Waals surface area (Å²) < 4.78 is 18.3. The Morgan fingerprint density at radius 3 is 2.47 bits per heavy atom. The van der Waals surface area contributed by atoms with Gasteiger partial charge in [-0.2, -0.15) is 0 Å². The normalized spacial score (nSPS) is 10.3. The molecule has 0 aliphatic carbocycles. The second-order valence-corrected chi connectivity index (χ2v) is 3.88. The van der Waals surface area contributed by atoms with Crippen LogP contribution in [0.1, 0.15) is 5.56 Å². The van der Waals surface area contributed by atoms with Crippen LogP contribution in [-0.2, 0) is 0 Å². The number of benzene rings is 2. The molecule has 0 amide bonds. The molecule has 0 saturated carbocycles. The minimum atomic E-state index is -0.449. The number of halogens is 1. The van der Waals surface area contributed by atoms with Crippen LogP contribution < -0.4 is 4.74 Å². The third-order valence-electron chi connectivity index (χ3n) is 2.63.